The lowest BCUT2D eigenvalue weighted by molar-refractivity contribution is -0.126. The standard InChI is InChI=1S/C31H40N4O7S2/c1-31(30(40-4)41-5,43-20-22-11-7-6-8-12-22)21-33-29(36)25-18-23-17-24(42-16-15-39-3)19-26(28(23)34-25)35(2)44(37,38)27-13-9-10-14-32-27/h6-14,17-19,23,28,30,34H,15-16,20-21H2,1-5H3,(H,33,36). The third-order valence-corrected chi connectivity index (χ3v) is 10.6. The van der Waals surface area contributed by atoms with Gasteiger partial charge in [0.2, 0.25) is 0 Å². The molecule has 2 N–H and O–H groups in total. The van der Waals surface area contributed by atoms with E-state index in [1.165, 1.54) is 23.6 Å². The van der Waals surface area contributed by atoms with Gasteiger partial charge < -0.3 is 29.6 Å². The summed E-state index contributed by atoms with van der Waals surface area (Å²) in [5, 5.41) is 6.19. The Hall–Kier alpha value is -3.36. The van der Waals surface area contributed by atoms with E-state index in [2.05, 4.69) is 15.6 Å². The first-order valence-corrected chi connectivity index (χ1v) is 16.5. The van der Waals surface area contributed by atoms with Crippen LogP contribution in [-0.4, -0.2) is 88.8 Å². The van der Waals surface area contributed by atoms with E-state index in [1.54, 1.807) is 57.4 Å². The number of pyridine rings is 1. The molecule has 11 nitrogen and oxygen atoms in total. The highest BCUT2D eigenvalue weighted by molar-refractivity contribution is 8.00. The molecule has 0 fully saturated rings. The van der Waals surface area contributed by atoms with Gasteiger partial charge in [0.15, 0.2) is 11.3 Å². The molecular formula is C31H40N4O7S2. The topological polar surface area (TPSA) is 128 Å². The highest BCUT2D eigenvalue weighted by Gasteiger charge is 2.40. The maximum Gasteiger partial charge on any atom is 0.281 e. The number of aromatic nitrogens is 1. The number of likely N-dealkylation sites (N-methyl/N-ethyl adjacent to an activating group) is 1. The van der Waals surface area contributed by atoms with E-state index < -0.39 is 27.1 Å². The number of amides is 1. The zero-order valence-electron chi connectivity index (χ0n) is 25.6. The number of hydrogen-bond donors (Lipinski definition) is 2. The molecule has 2 heterocycles. The van der Waals surface area contributed by atoms with Crippen LogP contribution < -0.4 is 10.6 Å². The second kappa shape index (κ2) is 15.1. The molecule has 1 amide bonds. The first-order chi connectivity index (χ1) is 21.1. The average Bonchev–Trinajstić information content (AvgIpc) is 3.48. The predicted octanol–water partition coefficient (Wildman–Crippen LogP) is 3.05. The summed E-state index contributed by atoms with van der Waals surface area (Å²) in [5.41, 5.74) is 1.88. The molecule has 2 aliphatic rings. The van der Waals surface area contributed by atoms with Crippen molar-refractivity contribution >= 4 is 27.7 Å². The van der Waals surface area contributed by atoms with E-state index in [-0.39, 0.29) is 30.0 Å². The van der Waals surface area contributed by atoms with Crippen molar-refractivity contribution in [1.29, 1.82) is 0 Å². The number of rotatable bonds is 16. The quantitative estimate of drug-likeness (QED) is 0.208. The highest BCUT2D eigenvalue weighted by atomic mass is 32.2. The van der Waals surface area contributed by atoms with E-state index in [9.17, 15) is 13.2 Å². The molecule has 3 atom stereocenters. The van der Waals surface area contributed by atoms with Crippen LogP contribution in [0.1, 0.15) is 12.5 Å². The van der Waals surface area contributed by atoms with Crippen LogP contribution in [-0.2, 0) is 39.5 Å². The fourth-order valence-corrected chi connectivity index (χ4v) is 7.36. The van der Waals surface area contributed by atoms with Gasteiger partial charge in [0.25, 0.3) is 15.9 Å². The lowest BCUT2D eigenvalue weighted by Crippen LogP contribution is -2.49. The molecular weight excluding hydrogens is 604 g/mol. The van der Waals surface area contributed by atoms with Crippen LogP contribution in [0, 0.1) is 5.92 Å². The third-order valence-electron chi connectivity index (χ3n) is 7.39. The van der Waals surface area contributed by atoms with Crippen LogP contribution in [0.15, 0.2) is 95.1 Å². The van der Waals surface area contributed by atoms with Crippen molar-refractivity contribution in [2.45, 2.75) is 34.8 Å². The predicted molar refractivity (Wildman–Crippen MR) is 169 cm³/mol. The van der Waals surface area contributed by atoms with Crippen molar-refractivity contribution in [3.8, 4) is 0 Å². The lowest BCUT2D eigenvalue weighted by Gasteiger charge is -2.35. The van der Waals surface area contributed by atoms with Gasteiger partial charge in [-0.2, -0.15) is 8.42 Å². The van der Waals surface area contributed by atoms with Crippen LogP contribution in [0.3, 0.4) is 0 Å². The number of benzene rings is 1. The normalized spacial score (nSPS) is 19.2. The van der Waals surface area contributed by atoms with E-state index in [0.717, 1.165) is 5.56 Å². The number of hydrogen-bond acceptors (Lipinski definition) is 10. The molecule has 1 aliphatic carbocycles. The van der Waals surface area contributed by atoms with Gasteiger partial charge in [-0.1, -0.05) is 36.4 Å². The molecule has 0 saturated carbocycles. The molecule has 238 valence electrons. The van der Waals surface area contributed by atoms with E-state index >= 15 is 0 Å². The summed E-state index contributed by atoms with van der Waals surface area (Å²) in [6.07, 6.45) is 6.16. The number of allylic oxidation sites excluding steroid dienone is 1. The van der Waals surface area contributed by atoms with Crippen molar-refractivity contribution in [3.05, 3.63) is 95.7 Å². The van der Waals surface area contributed by atoms with Crippen LogP contribution in [0.25, 0.3) is 0 Å². The Morgan fingerprint density at radius 2 is 1.82 bits per heavy atom. The van der Waals surface area contributed by atoms with Gasteiger partial charge in [-0.05, 0) is 36.8 Å². The monoisotopic (exact) mass is 644 g/mol. The minimum absolute atomic E-state index is 0.0848. The second-order valence-electron chi connectivity index (χ2n) is 10.5. The zero-order valence-corrected chi connectivity index (χ0v) is 27.2. The fraction of sp³-hybridized carbons (Fsp3) is 0.419. The smallest absolute Gasteiger partial charge is 0.281 e. The van der Waals surface area contributed by atoms with Crippen LogP contribution in [0.2, 0.25) is 0 Å². The van der Waals surface area contributed by atoms with Gasteiger partial charge in [0.1, 0.15) is 12.4 Å². The molecule has 1 aromatic heterocycles. The molecule has 13 heteroatoms. The van der Waals surface area contributed by atoms with E-state index in [1.807, 2.05) is 43.3 Å². The minimum atomic E-state index is -3.99. The van der Waals surface area contributed by atoms with E-state index in [0.29, 0.717) is 29.5 Å². The number of nitrogens with zero attached hydrogens (tertiary/aromatic N) is 2. The Balaban J connectivity index is 1.53. The lowest BCUT2D eigenvalue weighted by atomic mass is 9.93. The Bertz CT molecular complexity index is 1460. The molecule has 0 radical (unpaired) electrons. The van der Waals surface area contributed by atoms with Gasteiger partial charge in [0.05, 0.1) is 28.8 Å². The summed E-state index contributed by atoms with van der Waals surface area (Å²) < 4.78 is 49.8. The number of sulfonamides is 1. The largest absolute Gasteiger partial charge is 0.491 e. The number of carbonyl (C=O) groups excluding carboxylic acids is 1. The Kier molecular flexibility index (Phi) is 11.5. The first-order valence-electron chi connectivity index (χ1n) is 14.1. The Labute approximate surface area is 263 Å². The van der Waals surface area contributed by atoms with Gasteiger partial charge >= 0.3 is 0 Å². The van der Waals surface area contributed by atoms with Crippen molar-refractivity contribution in [3.63, 3.8) is 0 Å². The van der Waals surface area contributed by atoms with Crippen LogP contribution in [0.4, 0.5) is 0 Å². The molecule has 1 aliphatic heterocycles. The molecule has 44 heavy (non-hydrogen) atoms. The summed E-state index contributed by atoms with van der Waals surface area (Å²) in [4.78, 5) is 17.6. The summed E-state index contributed by atoms with van der Waals surface area (Å²) in [6, 6.07) is 14.2. The molecule has 1 aromatic carbocycles. The summed E-state index contributed by atoms with van der Waals surface area (Å²) in [5.74, 6) is 0.499. The summed E-state index contributed by atoms with van der Waals surface area (Å²) in [7, 11) is 2.21. The average molecular weight is 645 g/mol. The molecule has 0 spiro atoms. The van der Waals surface area contributed by atoms with Gasteiger partial charge in [-0.3, -0.25) is 9.10 Å². The maximum absolute atomic E-state index is 13.5. The van der Waals surface area contributed by atoms with Crippen molar-refractivity contribution in [1.82, 2.24) is 19.9 Å². The van der Waals surface area contributed by atoms with Crippen LogP contribution in [0.5, 0.6) is 0 Å². The number of nitrogens with one attached hydrogen (secondary N) is 2. The molecule has 0 bridgehead atoms. The van der Waals surface area contributed by atoms with Crippen LogP contribution >= 0.6 is 11.8 Å². The number of fused-ring (bicyclic) bond motifs is 1. The molecule has 2 aromatic rings. The Morgan fingerprint density at radius 1 is 1.09 bits per heavy atom. The van der Waals surface area contributed by atoms with Crippen molar-refractivity contribution in [2.75, 3.05) is 48.1 Å². The molecule has 0 saturated heterocycles. The minimum Gasteiger partial charge on any atom is -0.491 e. The van der Waals surface area contributed by atoms with E-state index in [4.69, 9.17) is 18.9 Å². The number of carbonyl (C=O) groups is 1. The molecule has 3 unspecified atom stereocenters. The Morgan fingerprint density at radius 3 is 2.48 bits per heavy atom. The number of thioether (sulfide) groups is 1. The number of methoxy groups -OCH3 is 3. The highest BCUT2D eigenvalue weighted by Crippen LogP contribution is 2.35. The van der Waals surface area contributed by atoms with Gasteiger partial charge in [-0.15, -0.1) is 11.8 Å². The van der Waals surface area contributed by atoms with Gasteiger partial charge in [-0.25, -0.2) is 4.98 Å². The van der Waals surface area contributed by atoms with Gasteiger partial charge in [0, 0.05) is 58.9 Å². The molecule has 4 rings (SSSR count). The van der Waals surface area contributed by atoms with Crippen molar-refractivity contribution < 1.29 is 32.2 Å². The maximum atomic E-state index is 13.5. The summed E-state index contributed by atoms with van der Waals surface area (Å²) >= 11 is 1.62. The fourth-order valence-electron chi connectivity index (χ4n) is 5.00. The SMILES string of the molecule is COCCOC1=CC2C=C(C(=O)NCC(C)(SCc3ccccc3)C(OC)OC)NC2C(N(C)S(=O)(=O)c2ccccn2)=C1. The third kappa shape index (κ3) is 7.83. The first kappa shape index (κ1) is 33.5. The number of ether oxygens (including phenoxy) is 4. The van der Waals surface area contributed by atoms with Crippen molar-refractivity contribution in [2.24, 2.45) is 5.92 Å². The summed E-state index contributed by atoms with van der Waals surface area (Å²) in [6.45, 7) is 2.88. The second-order valence-corrected chi connectivity index (χ2v) is 13.9. The zero-order chi connectivity index (χ0) is 31.7.